The molecule has 5 heteroatoms. The predicted octanol–water partition coefficient (Wildman–Crippen LogP) is 3.45. The van der Waals surface area contributed by atoms with E-state index in [2.05, 4.69) is 5.32 Å². The van der Waals surface area contributed by atoms with Gasteiger partial charge in [0, 0.05) is 11.8 Å². The molecule has 0 aliphatic heterocycles. The minimum Gasteiger partial charge on any atom is -0.398 e. The Hall–Kier alpha value is -2.77. The van der Waals surface area contributed by atoms with Crippen molar-refractivity contribution in [3.63, 3.8) is 0 Å². The Labute approximate surface area is 127 Å². The van der Waals surface area contributed by atoms with Crippen LogP contribution >= 0.6 is 11.6 Å². The van der Waals surface area contributed by atoms with Crippen LogP contribution in [0.5, 0.6) is 0 Å². The van der Waals surface area contributed by atoms with Crippen LogP contribution in [0.3, 0.4) is 0 Å². The molecule has 0 fully saturated rings. The van der Waals surface area contributed by atoms with Crippen molar-refractivity contribution in [2.24, 2.45) is 0 Å². The van der Waals surface area contributed by atoms with Gasteiger partial charge in [-0.25, -0.2) is 0 Å². The molecule has 0 unspecified atom stereocenters. The molecule has 2 aromatic rings. The molecule has 2 aromatic carbocycles. The molecule has 0 radical (unpaired) electrons. The SMILES string of the molecule is N#Cc1ccc(NC(=O)/C=C/c2ccc(Cl)c(N)c2)cc1. The summed E-state index contributed by atoms with van der Waals surface area (Å²) in [6.07, 6.45) is 3.05. The number of anilines is 2. The summed E-state index contributed by atoms with van der Waals surface area (Å²) >= 11 is 5.82. The van der Waals surface area contributed by atoms with E-state index in [0.29, 0.717) is 22.0 Å². The van der Waals surface area contributed by atoms with E-state index in [0.717, 1.165) is 5.56 Å². The Bertz CT molecular complexity index is 730. The lowest BCUT2D eigenvalue weighted by atomic mass is 10.2. The monoisotopic (exact) mass is 297 g/mol. The van der Waals surface area contributed by atoms with Gasteiger partial charge >= 0.3 is 0 Å². The van der Waals surface area contributed by atoms with Crippen LogP contribution < -0.4 is 11.1 Å². The molecule has 0 aliphatic carbocycles. The maximum Gasteiger partial charge on any atom is 0.248 e. The lowest BCUT2D eigenvalue weighted by Gasteiger charge is -2.02. The molecular weight excluding hydrogens is 286 g/mol. The summed E-state index contributed by atoms with van der Waals surface area (Å²) in [6, 6.07) is 13.8. The largest absolute Gasteiger partial charge is 0.398 e. The highest BCUT2D eigenvalue weighted by atomic mass is 35.5. The molecule has 0 heterocycles. The summed E-state index contributed by atoms with van der Waals surface area (Å²) in [6.45, 7) is 0. The van der Waals surface area contributed by atoms with Gasteiger partial charge in [0.25, 0.3) is 0 Å². The Balaban J connectivity index is 2.01. The van der Waals surface area contributed by atoms with Gasteiger partial charge in [-0.05, 0) is 48.0 Å². The molecule has 0 saturated heterocycles. The van der Waals surface area contributed by atoms with Crippen molar-refractivity contribution < 1.29 is 4.79 Å². The number of nitriles is 1. The highest BCUT2D eigenvalue weighted by molar-refractivity contribution is 6.33. The summed E-state index contributed by atoms with van der Waals surface area (Å²) in [5, 5.41) is 11.9. The van der Waals surface area contributed by atoms with Gasteiger partial charge in [-0.3, -0.25) is 4.79 Å². The van der Waals surface area contributed by atoms with Crippen LogP contribution in [-0.2, 0) is 4.79 Å². The number of amides is 1. The fourth-order valence-corrected chi connectivity index (χ4v) is 1.77. The number of nitrogens with one attached hydrogen (secondary N) is 1. The number of hydrogen-bond acceptors (Lipinski definition) is 3. The third-order valence-electron chi connectivity index (χ3n) is 2.73. The number of halogens is 1. The van der Waals surface area contributed by atoms with Crippen molar-refractivity contribution in [1.82, 2.24) is 0 Å². The molecule has 0 spiro atoms. The van der Waals surface area contributed by atoms with E-state index in [-0.39, 0.29) is 5.91 Å². The number of carbonyl (C=O) groups excluding carboxylic acids is 1. The first-order chi connectivity index (χ1) is 10.1. The van der Waals surface area contributed by atoms with Crippen LogP contribution in [0.25, 0.3) is 6.08 Å². The molecular formula is C16H12ClN3O. The minimum atomic E-state index is -0.270. The molecule has 0 aliphatic rings. The number of hydrogen-bond donors (Lipinski definition) is 2. The first-order valence-electron chi connectivity index (χ1n) is 6.13. The number of rotatable bonds is 3. The van der Waals surface area contributed by atoms with Crippen LogP contribution in [0, 0.1) is 11.3 Å². The minimum absolute atomic E-state index is 0.270. The van der Waals surface area contributed by atoms with Crippen molar-refractivity contribution in [3.8, 4) is 6.07 Å². The second-order valence-electron chi connectivity index (χ2n) is 4.29. The van der Waals surface area contributed by atoms with E-state index in [9.17, 15) is 4.79 Å². The van der Waals surface area contributed by atoms with E-state index in [1.54, 1.807) is 48.5 Å². The van der Waals surface area contributed by atoms with E-state index < -0.39 is 0 Å². The van der Waals surface area contributed by atoms with Crippen molar-refractivity contribution >= 4 is 35.0 Å². The van der Waals surface area contributed by atoms with Gasteiger partial charge in [-0.15, -0.1) is 0 Å². The number of carbonyl (C=O) groups is 1. The van der Waals surface area contributed by atoms with Gasteiger partial charge in [-0.1, -0.05) is 17.7 Å². The first kappa shape index (κ1) is 14.6. The molecule has 0 saturated carbocycles. The normalized spacial score (nSPS) is 10.3. The number of nitrogens with zero attached hydrogens (tertiary/aromatic N) is 1. The molecule has 2 rings (SSSR count). The van der Waals surface area contributed by atoms with Gasteiger partial charge in [0.15, 0.2) is 0 Å². The maximum absolute atomic E-state index is 11.8. The fourth-order valence-electron chi connectivity index (χ4n) is 1.65. The second-order valence-corrected chi connectivity index (χ2v) is 4.70. The van der Waals surface area contributed by atoms with Crippen molar-refractivity contribution in [3.05, 3.63) is 64.7 Å². The zero-order valence-electron chi connectivity index (χ0n) is 11.0. The Morgan fingerprint density at radius 1 is 1.24 bits per heavy atom. The van der Waals surface area contributed by atoms with Crippen molar-refractivity contribution in [2.45, 2.75) is 0 Å². The van der Waals surface area contributed by atoms with Crippen molar-refractivity contribution in [1.29, 1.82) is 5.26 Å². The summed E-state index contributed by atoms with van der Waals surface area (Å²) in [5.74, 6) is -0.270. The van der Waals surface area contributed by atoms with Gasteiger partial charge in [-0.2, -0.15) is 5.26 Å². The van der Waals surface area contributed by atoms with Crippen molar-refractivity contribution in [2.75, 3.05) is 11.1 Å². The van der Waals surface area contributed by atoms with E-state index >= 15 is 0 Å². The van der Waals surface area contributed by atoms with Crippen LogP contribution in [-0.4, -0.2) is 5.91 Å². The first-order valence-corrected chi connectivity index (χ1v) is 6.50. The highest BCUT2D eigenvalue weighted by Gasteiger charge is 1.99. The van der Waals surface area contributed by atoms with Crippen LogP contribution in [0.1, 0.15) is 11.1 Å². The number of nitrogen functional groups attached to an aromatic ring is 1. The topological polar surface area (TPSA) is 78.9 Å². The van der Waals surface area contributed by atoms with Crippen LogP contribution in [0.4, 0.5) is 11.4 Å². The molecule has 0 atom stereocenters. The Morgan fingerprint density at radius 2 is 1.95 bits per heavy atom. The van der Waals surface area contributed by atoms with Crippen LogP contribution in [0.15, 0.2) is 48.5 Å². The highest BCUT2D eigenvalue weighted by Crippen LogP contribution is 2.20. The van der Waals surface area contributed by atoms with Gasteiger partial charge in [0.05, 0.1) is 22.3 Å². The maximum atomic E-state index is 11.8. The Kier molecular flexibility index (Phi) is 4.60. The van der Waals surface area contributed by atoms with Gasteiger partial charge in [0.1, 0.15) is 0 Å². The van der Waals surface area contributed by atoms with E-state index in [4.69, 9.17) is 22.6 Å². The lowest BCUT2D eigenvalue weighted by Crippen LogP contribution is -2.07. The van der Waals surface area contributed by atoms with Crippen LogP contribution in [0.2, 0.25) is 5.02 Å². The third kappa shape index (κ3) is 4.10. The summed E-state index contributed by atoms with van der Waals surface area (Å²) < 4.78 is 0. The number of benzene rings is 2. The molecule has 21 heavy (non-hydrogen) atoms. The Morgan fingerprint density at radius 3 is 2.57 bits per heavy atom. The molecule has 3 N–H and O–H groups in total. The zero-order valence-corrected chi connectivity index (χ0v) is 11.8. The molecule has 0 bridgehead atoms. The average Bonchev–Trinajstić information content (AvgIpc) is 2.49. The molecule has 1 amide bonds. The molecule has 104 valence electrons. The average molecular weight is 298 g/mol. The third-order valence-corrected chi connectivity index (χ3v) is 3.07. The standard InChI is InChI=1S/C16H12ClN3O/c17-14-7-3-11(9-15(14)19)4-8-16(21)20-13-5-1-12(10-18)2-6-13/h1-9H,19H2,(H,20,21)/b8-4+. The summed E-state index contributed by atoms with van der Waals surface area (Å²) in [7, 11) is 0. The summed E-state index contributed by atoms with van der Waals surface area (Å²) in [5.41, 5.74) is 8.10. The predicted molar refractivity (Wildman–Crippen MR) is 84.7 cm³/mol. The summed E-state index contributed by atoms with van der Waals surface area (Å²) in [4.78, 5) is 11.8. The smallest absolute Gasteiger partial charge is 0.248 e. The fraction of sp³-hybridized carbons (Fsp3) is 0. The molecule has 0 aromatic heterocycles. The lowest BCUT2D eigenvalue weighted by molar-refractivity contribution is -0.111. The van der Waals surface area contributed by atoms with E-state index in [1.807, 2.05) is 6.07 Å². The van der Waals surface area contributed by atoms with E-state index in [1.165, 1.54) is 6.08 Å². The van der Waals surface area contributed by atoms with Gasteiger partial charge < -0.3 is 11.1 Å². The molecule has 4 nitrogen and oxygen atoms in total. The zero-order chi connectivity index (χ0) is 15.2. The van der Waals surface area contributed by atoms with Gasteiger partial charge in [0.2, 0.25) is 5.91 Å². The number of nitrogens with two attached hydrogens (primary N) is 1. The quantitative estimate of drug-likeness (QED) is 0.673. The second kappa shape index (κ2) is 6.60.